The van der Waals surface area contributed by atoms with Gasteiger partial charge in [0.15, 0.2) is 0 Å². The van der Waals surface area contributed by atoms with Crippen LogP contribution in [0.1, 0.15) is 31.7 Å². The summed E-state index contributed by atoms with van der Waals surface area (Å²) in [7, 11) is 1.93. The molecular formula is C14H19NO2. The van der Waals surface area contributed by atoms with Gasteiger partial charge in [-0.05, 0) is 31.9 Å². The number of nitrogens with zero attached hydrogens (tertiary/aromatic N) is 1. The predicted molar refractivity (Wildman–Crippen MR) is 66.8 cm³/mol. The SMILES string of the molecule is CCC(C(=O)O)(c1ccccc1)N(C)C1CC1. The molecule has 0 radical (unpaired) electrons. The van der Waals surface area contributed by atoms with Crippen molar-refractivity contribution in [1.29, 1.82) is 0 Å². The Labute approximate surface area is 102 Å². The summed E-state index contributed by atoms with van der Waals surface area (Å²) in [5.74, 6) is -0.749. The van der Waals surface area contributed by atoms with Crippen molar-refractivity contribution in [2.45, 2.75) is 37.8 Å². The largest absolute Gasteiger partial charge is 0.480 e. The molecule has 92 valence electrons. The smallest absolute Gasteiger partial charge is 0.328 e. The van der Waals surface area contributed by atoms with Crippen LogP contribution in [-0.2, 0) is 10.3 Å². The van der Waals surface area contributed by atoms with Crippen LogP contribution in [0, 0.1) is 0 Å². The zero-order valence-corrected chi connectivity index (χ0v) is 10.4. The van der Waals surface area contributed by atoms with E-state index in [4.69, 9.17) is 0 Å². The van der Waals surface area contributed by atoms with Gasteiger partial charge in [-0.2, -0.15) is 0 Å². The highest BCUT2D eigenvalue weighted by Crippen LogP contribution is 2.39. The van der Waals surface area contributed by atoms with Crippen molar-refractivity contribution in [1.82, 2.24) is 4.90 Å². The van der Waals surface area contributed by atoms with Crippen LogP contribution in [0.25, 0.3) is 0 Å². The summed E-state index contributed by atoms with van der Waals surface area (Å²) in [6, 6.07) is 9.98. The van der Waals surface area contributed by atoms with Crippen LogP contribution in [0.4, 0.5) is 0 Å². The summed E-state index contributed by atoms with van der Waals surface area (Å²) in [6.07, 6.45) is 2.80. The van der Waals surface area contributed by atoms with Crippen LogP contribution in [0.15, 0.2) is 30.3 Å². The van der Waals surface area contributed by atoms with Gasteiger partial charge >= 0.3 is 5.97 Å². The van der Waals surface area contributed by atoms with Crippen molar-refractivity contribution in [3.05, 3.63) is 35.9 Å². The number of rotatable bonds is 5. The molecule has 0 spiro atoms. The minimum atomic E-state index is -0.873. The van der Waals surface area contributed by atoms with Crippen LogP contribution in [-0.4, -0.2) is 29.1 Å². The topological polar surface area (TPSA) is 40.5 Å². The maximum Gasteiger partial charge on any atom is 0.328 e. The lowest BCUT2D eigenvalue weighted by atomic mass is 9.85. The Bertz CT molecular complexity index is 400. The summed E-state index contributed by atoms with van der Waals surface area (Å²) in [6.45, 7) is 1.94. The second-order valence-corrected chi connectivity index (χ2v) is 4.73. The second-order valence-electron chi connectivity index (χ2n) is 4.73. The van der Waals surface area contributed by atoms with Crippen molar-refractivity contribution in [2.24, 2.45) is 0 Å². The van der Waals surface area contributed by atoms with Gasteiger partial charge in [0.25, 0.3) is 0 Å². The van der Waals surface area contributed by atoms with Gasteiger partial charge in [-0.3, -0.25) is 4.90 Å². The zero-order chi connectivity index (χ0) is 12.5. The average Bonchev–Trinajstić information content (AvgIpc) is 3.15. The van der Waals surface area contributed by atoms with E-state index >= 15 is 0 Å². The monoisotopic (exact) mass is 233 g/mol. The molecule has 0 bridgehead atoms. The lowest BCUT2D eigenvalue weighted by molar-refractivity contribution is -0.152. The number of aliphatic carboxylic acids is 1. The zero-order valence-electron chi connectivity index (χ0n) is 10.4. The molecule has 3 nitrogen and oxygen atoms in total. The fourth-order valence-electron chi connectivity index (χ4n) is 2.57. The van der Waals surface area contributed by atoms with Gasteiger partial charge in [0.1, 0.15) is 5.54 Å². The van der Waals surface area contributed by atoms with E-state index in [0.29, 0.717) is 12.5 Å². The maximum atomic E-state index is 11.8. The van der Waals surface area contributed by atoms with Crippen LogP contribution in [0.5, 0.6) is 0 Å². The van der Waals surface area contributed by atoms with Gasteiger partial charge in [0.05, 0.1) is 0 Å². The molecule has 1 atom stereocenters. The number of hydrogen-bond donors (Lipinski definition) is 1. The molecule has 0 saturated heterocycles. The summed E-state index contributed by atoms with van der Waals surface area (Å²) in [5, 5.41) is 9.68. The van der Waals surface area contributed by atoms with Crippen molar-refractivity contribution >= 4 is 5.97 Å². The van der Waals surface area contributed by atoms with E-state index in [2.05, 4.69) is 0 Å². The molecule has 3 heteroatoms. The van der Waals surface area contributed by atoms with Gasteiger partial charge in [0.2, 0.25) is 0 Å². The van der Waals surface area contributed by atoms with Crippen LogP contribution >= 0.6 is 0 Å². The van der Waals surface area contributed by atoms with Gasteiger partial charge in [-0.1, -0.05) is 37.3 Å². The molecule has 17 heavy (non-hydrogen) atoms. The molecule has 2 rings (SSSR count). The van der Waals surface area contributed by atoms with Gasteiger partial charge in [-0.25, -0.2) is 4.79 Å². The first kappa shape index (κ1) is 12.1. The summed E-state index contributed by atoms with van der Waals surface area (Å²) < 4.78 is 0. The Hall–Kier alpha value is -1.35. The van der Waals surface area contributed by atoms with E-state index in [9.17, 15) is 9.90 Å². The minimum Gasteiger partial charge on any atom is -0.480 e. The third-order valence-electron chi connectivity index (χ3n) is 3.81. The maximum absolute atomic E-state index is 11.8. The normalized spacial score (nSPS) is 19.0. The molecule has 0 aromatic heterocycles. The highest BCUT2D eigenvalue weighted by atomic mass is 16.4. The molecule has 0 amide bonds. The Morgan fingerprint density at radius 3 is 2.41 bits per heavy atom. The average molecular weight is 233 g/mol. The Kier molecular flexibility index (Phi) is 3.20. The first-order valence-corrected chi connectivity index (χ1v) is 6.14. The molecule has 1 aromatic carbocycles. The standard InChI is InChI=1S/C14H19NO2/c1-3-14(13(16)17,15(2)12-9-10-12)11-7-5-4-6-8-11/h4-8,12H,3,9-10H2,1-2H3,(H,16,17). The highest BCUT2D eigenvalue weighted by Gasteiger charge is 2.47. The van der Waals surface area contributed by atoms with Gasteiger partial charge in [-0.15, -0.1) is 0 Å². The molecule has 1 aliphatic carbocycles. The van der Waals surface area contributed by atoms with Crippen LogP contribution in [0.3, 0.4) is 0 Å². The van der Waals surface area contributed by atoms with Crippen molar-refractivity contribution in [3.8, 4) is 0 Å². The van der Waals surface area contributed by atoms with E-state index in [0.717, 1.165) is 18.4 Å². The minimum absolute atomic E-state index is 0.422. The molecule has 1 saturated carbocycles. The summed E-state index contributed by atoms with van der Waals surface area (Å²) in [5.41, 5.74) is 0.00648. The lowest BCUT2D eigenvalue weighted by Crippen LogP contribution is -2.50. The van der Waals surface area contributed by atoms with Crippen molar-refractivity contribution in [2.75, 3.05) is 7.05 Å². The summed E-state index contributed by atoms with van der Waals surface area (Å²) >= 11 is 0. The number of carbonyl (C=O) groups is 1. The molecule has 1 fully saturated rings. The summed E-state index contributed by atoms with van der Waals surface area (Å²) in [4.78, 5) is 13.8. The lowest BCUT2D eigenvalue weighted by Gasteiger charge is -2.38. The number of benzene rings is 1. The van der Waals surface area contributed by atoms with Gasteiger partial charge < -0.3 is 5.11 Å². The highest BCUT2D eigenvalue weighted by molar-refractivity contribution is 5.80. The molecule has 0 heterocycles. The number of hydrogen-bond acceptors (Lipinski definition) is 2. The number of carboxylic acids is 1. The Balaban J connectivity index is 2.45. The third-order valence-corrected chi connectivity index (χ3v) is 3.81. The second kappa shape index (κ2) is 4.49. The molecule has 0 aliphatic heterocycles. The van der Waals surface area contributed by atoms with E-state index in [1.54, 1.807) is 0 Å². The van der Waals surface area contributed by atoms with Gasteiger partial charge in [0, 0.05) is 6.04 Å². The van der Waals surface area contributed by atoms with E-state index in [1.165, 1.54) is 0 Å². The number of likely N-dealkylation sites (N-methyl/N-ethyl adjacent to an activating group) is 1. The first-order valence-electron chi connectivity index (χ1n) is 6.14. The Morgan fingerprint density at radius 1 is 1.41 bits per heavy atom. The van der Waals surface area contributed by atoms with Crippen LogP contribution in [0.2, 0.25) is 0 Å². The number of carboxylic acid groups (broad SMARTS) is 1. The fourth-order valence-corrected chi connectivity index (χ4v) is 2.57. The fraction of sp³-hybridized carbons (Fsp3) is 0.500. The molecular weight excluding hydrogens is 214 g/mol. The van der Waals surface area contributed by atoms with E-state index in [1.807, 2.05) is 49.2 Å². The van der Waals surface area contributed by atoms with Crippen LogP contribution < -0.4 is 0 Å². The van der Waals surface area contributed by atoms with Crippen molar-refractivity contribution < 1.29 is 9.90 Å². The molecule has 1 aliphatic rings. The predicted octanol–water partition coefficient (Wildman–Crippen LogP) is 2.47. The first-order chi connectivity index (χ1) is 8.13. The third kappa shape index (κ3) is 1.95. The van der Waals surface area contributed by atoms with E-state index < -0.39 is 11.5 Å². The van der Waals surface area contributed by atoms with E-state index in [-0.39, 0.29) is 0 Å². The molecule has 1 unspecified atom stereocenters. The Morgan fingerprint density at radius 2 is 2.00 bits per heavy atom. The molecule has 1 N–H and O–H groups in total. The molecule has 1 aromatic rings. The quantitative estimate of drug-likeness (QED) is 0.849. The van der Waals surface area contributed by atoms with Crippen molar-refractivity contribution in [3.63, 3.8) is 0 Å².